The zero-order chi connectivity index (χ0) is 13.5. The van der Waals surface area contributed by atoms with Gasteiger partial charge >= 0.3 is 0 Å². The van der Waals surface area contributed by atoms with E-state index in [1.165, 1.54) is 6.21 Å². The summed E-state index contributed by atoms with van der Waals surface area (Å²) in [5.41, 5.74) is 2.35. The summed E-state index contributed by atoms with van der Waals surface area (Å²) in [6.45, 7) is -0.0863. The maximum atomic E-state index is 11.4. The molecule has 0 saturated carbocycles. The van der Waals surface area contributed by atoms with Gasteiger partial charge in [0.15, 0.2) is 10.4 Å². The first-order valence-corrected chi connectivity index (χ1v) is 6.57. The van der Waals surface area contributed by atoms with E-state index in [9.17, 15) is 4.79 Å². The van der Waals surface area contributed by atoms with E-state index >= 15 is 0 Å². The lowest BCUT2D eigenvalue weighted by molar-refractivity contribution is -0.123. The van der Waals surface area contributed by atoms with Crippen LogP contribution in [0.5, 0.6) is 5.75 Å². The van der Waals surface area contributed by atoms with Crippen LogP contribution in [0, 0.1) is 3.77 Å². The zero-order valence-corrected chi connectivity index (χ0v) is 12.0. The highest BCUT2D eigenvalue weighted by atomic mass is 127. The second kappa shape index (κ2) is 6.93. The van der Waals surface area contributed by atoms with Crippen LogP contribution >= 0.6 is 22.6 Å². The van der Waals surface area contributed by atoms with Crippen molar-refractivity contribution in [2.75, 3.05) is 6.61 Å². The summed E-state index contributed by atoms with van der Waals surface area (Å²) in [5.74, 6) is 0.886. The molecule has 1 aromatic carbocycles. The van der Waals surface area contributed by atoms with Gasteiger partial charge in [0, 0.05) is 0 Å². The number of carbonyl (C=O) groups is 1. The van der Waals surface area contributed by atoms with Crippen LogP contribution in [0.4, 0.5) is 0 Å². The average molecular weight is 370 g/mol. The van der Waals surface area contributed by atoms with Crippen molar-refractivity contribution in [2.45, 2.75) is 0 Å². The van der Waals surface area contributed by atoms with E-state index in [1.807, 2.05) is 46.9 Å². The number of benzene rings is 1. The molecule has 0 radical (unpaired) electrons. The molecule has 0 saturated heterocycles. The van der Waals surface area contributed by atoms with Gasteiger partial charge in [-0.3, -0.25) is 4.79 Å². The maximum absolute atomic E-state index is 11.4. The highest BCUT2D eigenvalue weighted by molar-refractivity contribution is 14.1. The quantitative estimate of drug-likeness (QED) is 0.500. The number of rotatable bonds is 5. The van der Waals surface area contributed by atoms with Crippen LogP contribution in [0.15, 0.2) is 52.0 Å². The molecule has 98 valence electrons. The van der Waals surface area contributed by atoms with Gasteiger partial charge < -0.3 is 9.15 Å². The second-order valence-electron chi connectivity index (χ2n) is 3.54. The summed E-state index contributed by atoms with van der Waals surface area (Å²) in [5, 5.41) is 3.77. The van der Waals surface area contributed by atoms with Crippen LogP contribution in [-0.4, -0.2) is 18.7 Å². The van der Waals surface area contributed by atoms with Crippen molar-refractivity contribution in [1.82, 2.24) is 5.43 Å². The van der Waals surface area contributed by atoms with E-state index in [4.69, 9.17) is 9.15 Å². The van der Waals surface area contributed by atoms with Gasteiger partial charge in [0.05, 0.1) is 6.21 Å². The number of amides is 1. The predicted octanol–water partition coefficient (Wildman–Crippen LogP) is 2.41. The van der Waals surface area contributed by atoms with Crippen molar-refractivity contribution in [1.29, 1.82) is 0 Å². The maximum Gasteiger partial charge on any atom is 0.277 e. The Morgan fingerprint density at radius 1 is 1.32 bits per heavy atom. The Balaban J connectivity index is 1.74. The van der Waals surface area contributed by atoms with Crippen molar-refractivity contribution in [3.05, 3.63) is 52.0 Å². The van der Waals surface area contributed by atoms with Gasteiger partial charge in [-0.25, -0.2) is 5.43 Å². The Morgan fingerprint density at radius 2 is 2.11 bits per heavy atom. The van der Waals surface area contributed by atoms with Crippen molar-refractivity contribution in [3.8, 4) is 5.75 Å². The minimum Gasteiger partial charge on any atom is -0.484 e. The summed E-state index contributed by atoms with van der Waals surface area (Å²) in [7, 11) is 0. The first kappa shape index (κ1) is 13.6. The van der Waals surface area contributed by atoms with Crippen LogP contribution in [-0.2, 0) is 4.79 Å². The Labute approximate surface area is 123 Å². The number of halogens is 1. The van der Waals surface area contributed by atoms with E-state index in [2.05, 4.69) is 10.5 Å². The number of carbonyl (C=O) groups excluding carboxylic acids is 1. The smallest absolute Gasteiger partial charge is 0.277 e. The summed E-state index contributed by atoms with van der Waals surface area (Å²) in [4.78, 5) is 11.4. The molecular formula is C13H11IN2O3. The van der Waals surface area contributed by atoms with Crippen LogP contribution < -0.4 is 10.2 Å². The Kier molecular flexibility index (Phi) is 4.96. The van der Waals surface area contributed by atoms with Crippen molar-refractivity contribution < 1.29 is 13.9 Å². The molecular weight excluding hydrogens is 359 g/mol. The van der Waals surface area contributed by atoms with Gasteiger partial charge in [-0.1, -0.05) is 18.2 Å². The van der Waals surface area contributed by atoms with Crippen LogP contribution in [0.1, 0.15) is 5.76 Å². The van der Waals surface area contributed by atoms with E-state index in [1.54, 1.807) is 18.2 Å². The van der Waals surface area contributed by atoms with E-state index in [-0.39, 0.29) is 12.5 Å². The minimum atomic E-state index is -0.332. The van der Waals surface area contributed by atoms with Crippen LogP contribution in [0.3, 0.4) is 0 Å². The predicted molar refractivity (Wildman–Crippen MR) is 79.1 cm³/mol. The normalized spacial score (nSPS) is 10.6. The largest absolute Gasteiger partial charge is 0.484 e. The SMILES string of the molecule is O=C(COc1ccccc1)N/N=C/c1ccc(I)o1. The number of nitrogens with zero attached hydrogens (tertiary/aromatic N) is 1. The topological polar surface area (TPSA) is 63.8 Å². The number of hydrogen-bond acceptors (Lipinski definition) is 4. The lowest BCUT2D eigenvalue weighted by Crippen LogP contribution is -2.24. The molecule has 0 aliphatic rings. The fourth-order valence-corrected chi connectivity index (χ4v) is 1.70. The lowest BCUT2D eigenvalue weighted by atomic mass is 10.3. The molecule has 1 amide bonds. The number of ether oxygens (including phenoxy) is 1. The number of para-hydroxylation sites is 1. The number of furan rings is 1. The van der Waals surface area contributed by atoms with Gasteiger partial charge in [0.25, 0.3) is 5.91 Å². The lowest BCUT2D eigenvalue weighted by Gasteiger charge is -2.03. The summed E-state index contributed by atoms with van der Waals surface area (Å²) < 4.78 is 11.3. The minimum absolute atomic E-state index is 0.0863. The molecule has 1 aromatic heterocycles. The Hall–Kier alpha value is -1.83. The van der Waals surface area contributed by atoms with Crippen molar-refractivity contribution in [2.24, 2.45) is 5.10 Å². The summed E-state index contributed by atoms with van der Waals surface area (Å²) in [6.07, 6.45) is 1.43. The zero-order valence-electron chi connectivity index (χ0n) is 9.88. The van der Waals surface area contributed by atoms with Crippen LogP contribution in [0.2, 0.25) is 0 Å². The molecule has 0 unspecified atom stereocenters. The highest BCUT2D eigenvalue weighted by Gasteiger charge is 2.01. The Morgan fingerprint density at radius 3 is 2.79 bits per heavy atom. The molecule has 0 aliphatic heterocycles. The molecule has 0 fully saturated rings. The van der Waals surface area contributed by atoms with Crippen molar-refractivity contribution in [3.63, 3.8) is 0 Å². The van der Waals surface area contributed by atoms with Gasteiger partial charge in [0.2, 0.25) is 0 Å². The van der Waals surface area contributed by atoms with Gasteiger partial charge in [-0.05, 0) is 46.9 Å². The summed E-state index contributed by atoms with van der Waals surface area (Å²) in [6, 6.07) is 12.7. The Bertz CT molecular complexity index is 566. The first-order valence-electron chi connectivity index (χ1n) is 5.49. The number of hydrazone groups is 1. The molecule has 0 spiro atoms. The molecule has 2 rings (SSSR count). The number of hydrogen-bond donors (Lipinski definition) is 1. The second-order valence-corrected chi connectivity index (χ2v) is 4.60. The molecule has 5 nitrogen and oxygen atoms in total. The molecule has 1 heterocycles. The first-order chi connectivity index (χ1) is 9.24. The molecule has 6 heteroatoms. The third-order valence-corrected chi connectivity index (χ3v) is 2.67. The van der Waals surface area contributed by atoms with E-state index in [0.717, 1.165) is 3.77 Å². The van der Waals surface area contributed by atoms with E-state index < -0.39 is 0 Å². The molecule has 19 heavy (non-hydrogen) atoms. The van der Waals surface area contributed by atoms with E-state index in [0.29, 0.717) is 11.5 Å². The van der Waals surface area contributed by atoms with Crippen molar-refractivity contribution >= 4 is 34.7 Å². The average Bonchev–Trinajstić information content (AvgIpc) is 2.83. The third kappa shape index (κ3) is 4.74. The monoisotopic (exact) mass is 370 g/mol. The van der Waals surface area contributed by atoms with Gasteiger partial charge in [-0.2, -0.15) is 5.10 Å². The molecule has 1 N–H and O–H groups in total. The van der Waals surface area contributed by atoms with Gasteiger partial charge in [0.1, 0.15) is 11.5 Å². The molecule has 0 aliphatic carbocycles. The highest BCUT2D eigenvalue weighted by Crippen LogP contribution is 2.08. The summed E-state index contributed by atoms with van der Waals surface area (Å²) >= 11 is 2.05. The third-order valence-electron chi connectivity index (χ3n) is 2.09. The number of nitrogens with one attached hydrogen (secondary N) is 1. The molecule has 2 aromatic rings. The van der Waals surface area contributed by atoms with Gasteiger partial charge in [-0.15, -0.1) is 0 Å². The molecule has 0 bridgehead atoms. The molecule has 0 atom stereocenters. The standard InChI is InChI=1S/C13H11IN2O3/c14-12-7-6-11(19-12)8-15-16-13(17)9-18-10-4-2-1-3-5-10/h1-8H,9H2,(H,16,17)/b15-8+. The fraction of sp³-hybridized carbons (Fsp3) is 0.0769. The fourth-order valence-electron chi connectivity index (χ4n) is 1.26. The van der Waals surface area contributed by atoms with Crippen LogP contribution in [0.25, 0.3) is 0 Å².